The van der Waals surface area contributed by atoms with Crippen LogP contribution in [-0.4, -0.2) is 13.8 Å². The number of hydrogen-bond acceptors (Lipinski definition) is 3. The lowest BCUT2D eigenvalue weighted by Crippen LogP contribution is -2.18. The first kappa shape index (κ1) is 13.3. The van der Waals surface area contributed by atoms with Gasteiger partial charge in [0.05, 0.1) is 0 Å². The van der Waals surface area contributed by atoms with Gasteiger partial charge in [0.1, 0.15) is 0 Å². The molecule has 0 saturated carbocycles. The van der Waals surface area contributed by atoms with E-state index in [9.17, 15) is 8.09 Å². The summed E-state index contributed by atoms with van der Waals surface area (Å²) in [7, 11) is -4.42. The Kier molecular flexibility index (Phi) is 3.72. The molecule has 4 nitrogen and oxygen atoms in total. The second kappa shape index (κ2) is 3.91. The lowest BCUT2D eigenvalue weighted by molar-refractivity contribution is 0.642. The molecular weight excluding hydrogens is 341 g/mol. The summed E-state index contributed by atoms with van der Waals surface area (Å²) in [6, 6.07) is 0. The number of nitrogens with zero attached hydrogens (tertiary/aromatic N) is 3. The average molecular weight is 341 g/mol. The monoisotopic (exact) mass is 339 g/mol. The Balaban J connectivity index is 3.43. The van der Waals surface area contributed by atoms with Gasteiger partial charge in [-0.1, -0.05) is 34.8 Å². The molecule has 0 bridgehead atoms. The van der Waals surface area contributed by atoms with Gasteiger partial charge in [0.2, 0.25) is 0 Å². The van der Waals surface area contributed by atoms with Crippen LogP contribution in [0.25, 0.3) is 0 Å². The molecule has 1 aliphatic heterocycles. The molecule has 0 amide bonds. The molecule has 0 N–H and O–H groups in total. The van der Waals surface area contributed by atoms with Gasteiger partial charge in [0, 0.05) is 0 Å². The maximum Gasteiger partial charge on any atom is 0.321 e. The van der Waals surface area contributed by atoms with Gasteiger partial charge in [-0.05, 0) is 22.5 Å². The molecule has 0 aromatic rings. The van der Waals surface area contributed by atoms with Crippen LogP contribution in [0.5, 0.6) is 0 Å². The Morgan fingerprint density at radius 2 is 1.86 bits per heavy atom. The van der Waals surface area contributed by atoms with E-state index >= 15 is 0 Å². The van der Waals surface area contributed by atoms with Crippen molar-refractivity contribution in [3.05, 3.63) is 0 Å². The van der Waals surface area contributed by atoms with Gasteiger partial charge < -0.3 is 0 Å². The summed E-state index contributed by atoms with van der Waals surface area (Å²) < 4.78 is 30.8. The van der Waals surface area contributed by atoms with Crippen LogP contribution in [0, 0.1) is 0 Å². The molecule has 0 aliphatic carbocycles. The second-order valence-corrected chi connectivity index (χ2v) is 10.4. The normalized spacial score (nSPS) is 31.4. The van der Waals surface area contributed by atoms with Crippen LogP contribution in [0.3, 0.4) is 0 Å². The van der Waals surface area contributed by atoms with Crippen molar-refractivity contribution in [2.75, 3.05) is 0 Å². The molecule has 12 heteroatoms. The van der Waals surface area contributed by atoms with Crippen molar-refractivity contribution in [2.24, 2.45) is 13.3 Å². The van der Waals surface area contributed by atoms with Gasteiger partial charge in [-0.2, -0.15) is 8.97 Å². The quantitative estimate of drug-likeness (QED) is 0.365. The van der Waals surface area contributed by atoms with E-state index in [0.717, 1.165) is 0 Å². The van der Waals surface area contributed by atoms with E-state index in [2.05, 4.69) is 13.3 Å². The van der Waals surface area contributed by atoms with Gasteiger partial charge >= 0.3 is 10.3 Å². The van der Waals surface area contributed by atoms with Crippen molar-refractivity contribution in [1.29, 1.82) is 0 Å². The molecule has 14 heavy (non-hydrogen) atoms. The summed E-state index contributed by atoms with van der Waals surface area (Å²) >= 11 is 26.9. The maximum atomic E-state index is 12.9. The number of halogens is 6. The fourth-order valence-corrected chi connectivity index (χ4v) is 5.02. The summed E-state index contributed by atoms with van der Waals surface area (Å²) in [6.45, 7) is 0. The zero-order valence-electron chi connectivity index (χ0n) is 5.87. The maximum absolute atomic E-state index is 12.9. The Morgan fingerprint density at radius 3 is 2.21 bits per heavy atom. The third kappa shape index (κ3) is 3.67. The van der Waals surface area contributed by atoms with Crippen LogP contribution >= 0.6 is 63.2 Å². The summed E-state index contributed by atoms with van der Waals surface area (Å²) in [5, 5.41) is 0. The first-order chi connectivity index (χ1) is 6.02. The van der Waals surface area contributed by atoms with Crippen molar-refractivity contribution in [1.82, 2.24) is 0 Å². The van der Waals surface area contributed by atoms with Crippen molar-refractivity contribution in [3.8, 4) is 0 Å². The first-order valence-electron chi connectivity index (χ1n) is 2.69. The minimum absolute atomic E-state index is 0.650. The zero-order chi connectivity index (χ0) is 11.2. The molecule has 1 aliphatic rings. The minimum atomic E-state index is -4.42. The molecule has 1 unspecified atom stereocenters. The van der Waals surface area contributed by atoms with E-state index in [1.807, 2.05) is 0 Å². The highest BCUT2D eigenvalue weighted by atomic mass is 35.9. The Hall–Kier alpha value is 1.23. The second-order valence-electron chi connectivity index (χ2n) is 1.98. The first-order valence-corrected chi connectivity index (χ1v) is 8.70. The highest BCUT2D eigenvalue weighted by Gasteiger charge is 2.35. The fourth-order valence-electron chi connectivity index (χ4n) is 0.505. The van der Waals surface area contributed by atoms with Crippen LogP contribution in [0.2, 0.25) is 0 Å². The van der Waals surface area contributed by atoms with Crippen LogP contribution in [0.4, 0.5) is 3.89 Å². The van der Waals surface area contributed by atoms with Gasteiger partial charge in [-0.25, -0.2) is 0 Å². The summed E-state index contributed by atoms with van der Waals surface area (Å²) in [6.07, 6.45) is 0. The lowest BCUT2D eigenvalue weighted by atomic mass is 10.7. The molecule has 1 rings (SSSR count). The van der Waals surface area contributed by atoms with Crippen molar-refractivity contribution in [3.63, 3.8) is 0 Å². The Bertz CT molecular complexity index is 454. The van der Waals surface area contributed by atoms with Gasteiger partial charge in [-0.3, -0.25) is 0 Å². The van der Waals surface area contributed by atoms with Gasteiger partial charge in [0.15, 0.2) is 5.84 Å². The van der Waals surface area contributed by atoms with Crippen LogP contribution in [0.15, 0.2) is 13.3 Å². The lowest BCUT2D eigenvalue weighted by Gasteiger charge is -2.14. The molecule has 0 saturated heterocycles. The fraction of sp³-hybridized carbons (Fsp3) is 0.500. The SMILES string of the molecule is O=S1(F)=NC(C(Cl)(Cl)Cl)=NP(Cl)(Cl)=N1. The van der Waals surface area contributed by atoms with E-state index in [4.69, 9.17) is 57.3 Å². The van der Waals surface area contributed by atoms with E-state index in [-0.39, 0.29) is 0 Å². The van der Waals surface area contributed by atoms with Crippen LogP contribution < -0.4 is 0 Å². The van der Waals surface area contributed by atoms with Gasteiger partial charge in [0.25, 0.3) is 9.70 Å². The Morgan fingerprint density at radius 1 is 1.36 bits per heavy atom. The highest BCUT2D eigenvalue weighted by molar-refractivity contribution is 8.13. The van der Waals surface area contributed by atoms with E-state index in [1.165, 1.54) is 0 Å². The Labute approximate surface area is 104 Å². The number of alkyl halides is 3. The molecule has 0 spiro atoms. The zero-order valence-corrected chi connectivity index (χ0v) is 11.4. The third-order valence-corrected chi connectivity index (χ3v) is 5.36. The van der Waals surface area contributed by atoms with E-state index < -0.39 is 25.8 Å². The summed E-state index contributed by atoms with van der Waals surface area (Å²) in [5.74, 6) is -4.10. The molecule has 0 aromatic heterocycles. The topological polar surface area (TPSA) is 54.1 Å². The van der Waals surface area contributed by atoms with Crippen LogP contribution in [-0.2, 0) is 10.3 Å². The standard InChI is InChI=1S/C2Cl5FN3OPS/c3-2(4,5)1-9-13(6,7)11-14(8,12)10-1. The molecular formula is C2Cl5FN3OPS. The molecule has 1 atom stereocenters. The predicted molar refractivity (Wildman–Crippen MR) is 60.5 cm³/mol. The van der Waals surface area contributed by atoms with Crippen molar-refractivity contribution >= 4 is 79.3 Å². The highest BCUT2D eigenvalue weighted by Crippen LogP contribution is 2.64. The van der Waals surface area contributed by atoms with Crippen molar-refractivity contribution < 1.29 is 8.09 Å². The van der Waals surface area contributed by atoms with Crippen LogP contribution in [0.1, 0.15) is 0 Å². The molecule has 1 heterocycles. The molecule has 0 aromatic carbocycles. The van der Waals surface area contributed by atoms with E-state index in [0.29, 0.717) is 0 Å². The predicted octanol–water partition coefficient (Wildman–Crippen LogP) is 4.46. The number of hydrogen-bond donors (Lipinski definition) is 0. The summed E-state index contributed by atoms with van der Waals surface area (Å²) in [4.78, 5) is 0. The van der Waals surface area contributed by atoms with Gasteiger partial charge in [-0.15, -0.1) is 12.4 Å². The molecule has 82 valence electrons. The number of amidine groups is 1. The molecule has 0 fully saturated rings. The summed E-state index contributed by atoms with van der Waals surface area (Å²) in [5.41, 5.74) is 0. The molecule has 0 radical (unpaired) electrons. The number of rotatable bonds is 0. The average Bonchev–Trinajstić information content (AvgIpc) is 1.76. The largest absolute Gasteiger partial charge is 0.321 e. The third-order valence-electron chi connectivity index (χ3n) is 0.867. The van der Waals surface area contributed by atoms with Crippen molar-refractivity contribution in [2.45, 2.75) is 3.79 Å². The van der Waals surface area contributed by atoms with E-state index in [1.54, 1.807) is 0 Å². The smallest absolute Gasteiger partial charge is 0.195 e. The minimum Gasteiger partial charge on any atom is -0.195 e.